The molecule has 0 bridgehead atoms. The van der Waals surface area contributed by atoms with E-state index < -0.39 is 0 Å². The van der Waals surface area contributed by atoms with Crippen LogP contribution >= 0.6 is 0 Å². The quantitative estimate of drug-likeness (QED) is 0.642. The zero-order chi connectivity index (χ0) is 12.5. The van der Waals surface area contributed by atoms with Crippen molar-refractivity contribution in [1.29, 1.82) is 0 Å². The fourth-order valence-corrected chi connectivity index (χ4v) is 2.02. The van der Waals surface area contributed by atoms with Gasteiger partial charge in [-0.15, -0.1) is 0 Å². The summed E-state index contributed by atoms with van der Waals surface area (Å²) >= 11 is 0. The van der Waals surface area contributed by atoms with Crippen molar-refractivity contribution in [3.8, 4) is 0 Å². The van der Waals surface area contributed by atoms with E-state index in [2.05, 4.69) is 9.97 Å². The third-order valence-corrected chi connectivity index (χ3v) is 2.95. The lowest BCUT2D eigenvalue weighted by atomic mass is 10.0. The number of aryl methyl sites for hydroxylation is 1. The molecule has 88 valence electrons. The summed E-state index contributed by atoms with van der Waals surface area (Å²) in [4.78, 5) is 20.6. The second-order valence-corrected chi connectivity index (χ2v) is 4.09. The van der Waals surface area contributed by atoms with Crippen LogP contribution in [-0.4, -0.2) is 20.3 Å². The van der Waals surface area contributed by atoms with Crippen molar-refractivity contribution in [2.75, 3.05) is 0 Å². The molecule has 0 aliphatic heterocycles. The van der Waals surface area contributed by atoms with Crippen LogP contribution in [-0.2, 0) is 7.05 Å². The Bertz CT molecular complexity index is 725. The first kappa shape index (κ1) is 10.7. The standard InChI is InChI=1S/C14H11N3O/c1-17-8-7-16-14(17)13(18)11-4-2-3-10-5-6-15-9-12(10)11/h2-9H,1H3. The molecule has 0 saturated carbocycles. The summed E-state index contributed by atoms with van der Waals surface area (Å²) in [6, 6.07) is 7.54. The summed E-state index contributed by atoms with van der Waals surface area (Å²) < 4.78 is 1.72. The molecular weight excluding hydrogens is 226 g/mol. The molecule has 0 aliphatic rings. The third-order valence-electron chi connectivity index (χ3n) is 2.95. The van der Waals surface area contributed by atoms with Gasteiger partial charge in [-0.05, 0) is 11.5 Å². The van der Waals surface area contributed by atoms with E-state index in [1.165, 1.54) is 0 Å². The van der Waals surface area contributed by atoms with Crippen molar-refractivity contribution in [3.63, 3.8) is 0 Å². The lowest BCUT2D eigenvalue weighted by Gasteiger charge is -2.05. The Hall–Kier alpha value is -2.49. The van der Waals surface area contributed by atoms with Gasteiger partial charge in [-0.25, -0.2) is 4.98 Å². The molecule has 0 aliphatic carbocycles. The van der Waals surface area contributed by atoms with Crippen molar-refractivity contribution in [2.24, 2.45) is 7.05 Å². The first-order valence-electron chi connectivity index (χ1n) is 5.62. The summed E-state index contributed by atoms with van der Waals surface area (Å²) in [5, 5.41) is 1.86. The maximum absolute atomic E-state index is 12.4. The highest BCUT2D eigenvalue weighted by molar-refractivity contribution is 6.14. The Balaban J connectivity index is 2.21. The van der Waals surface area contributed by atoms with E-state index in [4.69, 9.17) is 0 Å². The summed E-state index contributed by atoms with van der Waals surface area (Å²) in [6.07, 6.45) is 6.82. The van der Waals surface area contributed by atoms with Gasteiger partial charge in [0, 0.05) is 42.8 Å². The minimum atomic E-state index is -0.0823. The average molecular weight is 237 g/mol. The maximum Gasteiger partial charge on any atom is 0.229 e. The molecule has 0 atom stereocenters. The van der Waals surface area contributed by atoms with Gasteiger partial charge < -0.3 is 4.57 Å². The highest BCUT2D eigenvalue weighted by Crippen LogP contribution is 2.19. The van der Waals surface area contributed by atoms with Crippen LogP contribution in [0.3, 0.4) is 0 Å². The number of hydrogen-bond acceptors (Lipinski definition) is 3. The monoisotopic (exact) mass is 237 g/mol. The van der Waals surface area contributed by atoms with E-state index in [1.807, 2.05) is 25.2 Å². The van der Waals surface area contributed by atoms with Crippen LogP contribution in [0, 0.1) is 0 Å². The Morgan fingerprint density at radius 1 is 1.22 bits per heavy atom. The maximum atomic E-state index is 12.4. The SMILES string of the molecule is Cn1ccnc1C(=O)c1cccc2ccncc12. The molecule has 0 saturated heterocycles. The zero-order valence-corrected chi connectivity index (χ0v) is 9.87. The van der Waals surface area contributed by atoms with Gasteiger partial charge in [0.2, 0.25) is 5.78 Å². The van der Waals surface area contributed by atoms with Crippen LogP contribution in [0.5, 0.6) is 0 Å². The van der Waals surface area contributed by atoms with E-state index in [0.717, 1.165) is 10.8 Å². The van der Waals surface area contributed by atoms with Gasteiger partial charge in [0.15, 0.2) is 5.82 Å². The van der Waals surface area contributed by atoms with E-state index in [0.29, 0.717) is 11.4 Å². The normalized spacial score (nSPS) is 10.7. The summed E-state index contributed by atoms with van der Waals surface area (Å²) in [5.74, 6) is 0.354. The first-order chi connectivity index (χ1) is 8.77. The Labute approximate surface area is 104 Å². The molecule has 0 unspecified atom stereocenters. The van der Waals surface area contributed by atoms with Crippen molar-refractivity contribution in [3.05, 3.63) is 60.4 Å². The van der Waals surface area contributed by atoms with Crippen molar-refractivity contribution in [1.82, 2.24) is 14.5 Å². The lowest BCUT2D eigenvalue weighted by Crippen LogP contribution is -2.09. The van der Waals surface area contributed by atoms with Crippen LogP contribution < -0.4 is 0 Å². The van der Waals surface area contributed by atoms with Crippen molar-refractivity contribution in [2.45, 2.75) is 0 Å². The zero-order valence-electron chi connectivity index (χ0n) is 9.87. The number of fused-ring (bicyclic) bond motifs is 1. The second kappa shape index (κ2) is 4.07. The van der Waals surface area contributed by atoms with Crippen LogP contribution in [0.25, 0.3) is 10.8 Å². The number of pyridine rings is 1. The molecule has 2 aromatic heterocycles. The number of benzene rings is 1. The van der Waals surface area contributed by atoms with Crippen molar-refractivity contribution >= 4 is 16.6 Å². The van der Waals surface area contributed by atoms with Gasteiger partial charge >= 0.3 is 0 Å². The highest BCUT2D eigenvalue weighted by Gasteiger charge is 2.15. The predicted octanol–water partition coefficient (Wildman–Crippen LogP) is 2.20. The fourth-order valence-electron chi connectivity index (χ4n) is 2.02. The number of carbonyl (C=O) groups is 1. The van der Waals surface area contributed by atoms with Gasteiger partial charge in [0.1, 0.15) is 0 Å². The topological polar surface area (TPSA) is 47.8 Å². The molecule has 2 heterocycles. The van der Waals surface area contributed by atoms with Crippen LogP contribution in [0.2, 0.25) is 0 Å². The molecular formula is C14H11N3O. The van der Waals surface area contributed by atoms with Gasteiger partial charge in [-0.2, -0.15) is 0 Å². The van der Waals surface area contributed by atoms with Gasteiger partial charge in [-0.3, -0.25) is 9.78 Å². The molecule has 0 N–H and O–H groups in total. The number of nitrogens with zero attached hydrogens (tertiary/aromatic N) is 3. The smallest absolute Gasteiger partial charge is 0.229 e. The number of hydrogen-bond donors (Lipinski definition) is 0. The summed E-state index contributed by atoms with van der Waals surface area (Å²) in [7, 11) is 1.81. The van der Waals surface area contributed by atoms with Crippen LogP contribution in [0.4, 0.5) is 0 Å². The second-order valence-electron chi connectivity index (χ2n) is 4.09. The van der Waals surface area contributed by atoms with E-state index in [-0.39, 0.29) is 5.78 Å². The Morgan fingerprint density at radius 2 is 2.11 bits per heavy atom. The number of carbonyl (C=O) groups excluding carboxylic acids is 1. The lowest BCUT2D eigenvalue weighted by molar-refractivity contribution is 0.102. The van der Waals surface area contributed by atoms with Gasteiger partial charge in [-0.1, -0.05) is 18.2 Å². The van der Waals surface area contributed by atoms with Crippen LogP contribution in [0.1, 0.15) is 16.2 Å². The molecule has 0 fully saturated rings. The molecule has 1 aromatic carbocycles. The number of aromatic nitrogens is 3. The summed E-state index contributed by atoms with van der Waals surface area (Å²) in [5.41, 5.74) is 0.634. The van der Waals surface area contributed by atoms with Crippen LogP contribution in [0.15, 0.2) is 49.1 Å². The Kier molecular flexibility index (Phi) is 2.41. The molecule has 4 heteroatoms. The first-order valence-corrected chi connectivity index (χ1v) is 5.62. The minimum Gasteiger partial charge on any atom is -0.331 e. The average Bonchev–Trinajstić information content (AvgIpc) is 2.83. The number of rotatable bonds is 2. The molecule has 3 aromatic rings. The minimum absolute atomic E-state index is 0.0823. The predicted molar refractivity (Wildman–Crippen MR) is 68.4 cm³/mol. The highest BCUT2D eigenvalue weighted by atomic mass is 16.1. The molecule has 0 radical (unpaired) electrons. The number of ketones is 1. The molecule has 0 spiro atoms. The van der Waals surface area contributed by atoms with E-state index in [1.54, 1.807) is 35.4 Å². The molecule has 4 nitrogen and oxygen atoms in total. The number of imidazole rings is 1. The molecule has 18 heavy (non-hydrogen) atoms. The molecule has 3 rings (SSSR count). The van der Waals surface area contributed by atoms with Crippen molar-refractivity contribution < 1.29 is 4.79 Å². The fraction of sp³-hybridized carbons (Fsp3) is 0.0714. The van der Waals surface area contributed by atoms with Gasteiger partial charge in [0.05, 0.1) is 0 Å². The Morgan fingerprint density at radius 3 is 2.89 bits per heavy atom. The molecule has 0 amide bonds. The largest absolute Gasteiger partial charge is 0.331 e. The van der Waals surface area contributed by atoms with E-state index >= 15 is 0 Å². The van der Waals surface area contributed by atoms with Gasteiger partial charge in [0.25, 0.3) is 0 Å². The summed E-state index contributed by atoms with van der Waals surface area (Å²) in [6.45, 7) is 0. The van der Waals surface area contributed by atoms with E-state index in [9.17, 15) is 4.79 Å². The third kappa shape index (κ3) is 1.59.